The van der Waals surface area contributed by atoms with Gasteiger partial charge in [-0.1, -0.05) is 30.3 Å². The van der Waals surface area contributed by atoms with E-state index >= 15 is 0 Å². The van der Waals surface area contributed by atoms with Gasteiger partial charge >= 0.3 is 11.9 Å². The number of nitrogens with zero attached hydrogens (tertiary/aromatic N) is 1. The first kappa shape index (κ1) is 17.7. The number of ether oxygens (including phenoxy) is 1. The predicted molar refractivity (Wildman–Crippen MR) is 80.0 cm³/mol. The Morgan fingerprint density at radius 1 is 1.18 bits per heavy atom. The molecule has 0 aliphatic carbocycles. The molecule has 1 aromatic carbocycles. The van der Waals surface area contributed by atoms with Crippen molar-refractivity contribution < 1.29 is 24.2 Å². The number of hydrogen-bond donors (Lipinski definition) is 1. The molecule has 0 fully saturated rings. The van der Waals surface area contributed by atoms with Crippen molar-refractivity contribution in [3.8, 4) is 0 Å². The van der Waals surface area contributed by atoms with Gasteiger partial charge in [-0.25, -0.2) is 4.79 Å². The summed E-state index contributed by atoms with van der Waals surface area (Å²) in [7, 11) is 0. The summed E-state index contributed by atoms with van der Waals surface area (Å²) in [5.74, 6) is -1.93. The molecule has 0 radical (unpaired) electrons. The third-order valence-corrected chi connectivity index (χ3v) is 3.19. The van der Waals surface area contributed by atoms with Gasteiger partial charge in [-0.05, 0) is 19.4 Å². The van der Waals surface area contributed by atoms with Crippen molar-refractivity contribution in [2.24, 2.45) is 0 Å². The summed E-state index contributed by atoms with van der Waals surface area (Å²) in [6, 6.07) is 8.16. The maximum atomic E-state index is 12.3. The van der Waals surface area contributed by atoms with Gasteiger partial charge in [0, 0.05) is 13.0 Å². The average Bonchev–Trinajstić information content (AvgIpc) is 2.51. The molecule has 6 heteroatoms. The maximum Gasteiger partial charge on any atom is 0.326 e. The Balaban J connectivity index is 2.75. The van der Waals surface area contributed by atoms with Gasteiger partial charge in [-0.3, -0.25) is 9.59 Å². The number of amides is 1. The van der Waals surface area contributed by atoms with Crippen molar-refractivity contribution in [3.63, 3.8) is 0 Å². The molecule has 1 amide bonds. The Labute approximate surface area is 129 Å². The zero-order chi connectivity index (χ0) is 16.5. The highest BCUT2D eigenvalue weighted by Gasteiger charge is 2.25. The highest BCUT2D eigenvalue weighted by molar-refractivity contribution is 5.85. The van der Waals surface area contributed by atoms with Crippen molar-refractivity contribution in [2.45, 2.75) is 39.3 Å². The smallest absolute Gasteiger partial charge is 0.326 e. The number of carboxylic acids is 1. The van der Waals surface area contributed by atoms with Gasteiger partial charge in [0.15, 0.2) is 0 Å². The van der Waals surface area contributed by atoms with E-state index in [4.69, 9.17) is 9.84 Å². The third kappa shape index (κ3) is 5.55. The van der Waals surface area contributed by atoms with E-state index in [9.17, 15) is 14.4 Å². The first-order valence-electron chi connectivity index (χ1n) is 7.17. The third-order valence-electron chi connectivity index (χ3n) is 3.19. The number of hydrogen-bond acceptors (Lipinski definition) is 4. The molecule has 0 aromatic heterocycles. The molecule has 0 spiro atoms. The molecule has 1 aromatic rings. The van der Waals surface area contributed by atoms with Crippen LogP contribution in [0.3, 0.4) is 0 Å². The summed E-state index contributed by atoms with van der Waals surface area (Å²) in [6.45, 7) is 3.59. The van der Waals surface area contributed by atoms with Crippen LogP contribution in [0.1, 0.15) is 32.3 Å². The van der Waals surface area contributed by atoms with Gasteiger partial charge in [0.25, 0.3) is 0 Å². The van der Waals surface area contributed by atoms with Crippen molar-refractivity contribution >= 4 is 17.8 Å². The Kier molecular flexibility index (Phi) is 7.08. The van der Waals surface area contributed by atoms with Crippen LogP contribution in [0.4, 0.5) is 0 Å². The lowest BCUT2D eigenvalue weighted by Crippen LogP contribution is -2.42. The molecule has 1 atom stereocenters. The summed E-state index contributed by atoms with van der Waals surface area (Å²) in [6.07, 6.45) is -0.117. The lowest BCUT2D eigenvalue weighted by Gasteiger charge is -2.26. The zero-order valence-corrected chi connectivity index (χ0v) is 12.8. The zero-order valence-electron chi connectivity index (χ0n) is 12.8. The molecule has 0 saturated carbocycles. The van der Waals surface area contributed by atoms with Crippen LogP contribution >= 0.6 is 0 Å². The number of benzene rings is 1. The summed E-state index contributed by atoms with van der Waals surface area (Å²) < 4.78 is 4.77. The minimum atomic E-state index is -1.08. The van der Waals surface area contributed by atoms with Crippen molar-refractivity contribution in [1.29, 1.82) is 0 Å². The van der Waals surface area contributed by atoms with Crippen LogP contribution in [0.2, 0.25) is 0 Å². The quantitative estimate of drug-likeness (QED) is 0.741. The fourth-order valence-electron chi connectivity index (χ4n) is 1.94. The van der Waals surface area contributed by atoms with E-state index in [-0.39, 0.29) is 31.9 Å². The molecule has 0 saturated heterocycles. The lowest BCUT2D eigenvalue weighted by molar-refractivity contribution is -0.151. The van der Waals surface area contributed by atoms with Crippen LogP contribution in [-0.4, -0.2) is 40.5 Å². The Bertz CT molecular complexity index is 515. The second-order valence-electron chi connectivity index (χ2n) is 4.83. The van der Waals surface area contributed by atoms with Crippen LogP contribution in [0.5, 0.6) is 0 Å². The van der Waals surface area contributed by atoms with E-state index in [1.165, 1.54) is 11.8 Å². The molecular weight excluding hydrogens is 286 g/mol. The summed E-state index contributed by atoms with van der Waals surface area (Å²) >= 11 is 0. The van der Waals surface area contributed by atoms with Crippen molar-refractivity contribution in [1.82, 2.24) is 4.90 Å². The Morgan fingerprint density at radius 3 is 2.36 bits per heavy atom. The van der Waals surface area contributed by atoms with Gasteiger partial charge in [0.1, 0.15) is 6.04 Å². The number of carbonyl (C=O) groups excluding carboxylic acids is 2. The fraction of sp³-hybridized carbons (Fsp3) is 0.438. The van der Waals surface area contributed by atoms with E-state index in [1.54, 1.807) is 6.92 Å². The number of aliphatic carboxylic acids is 1. The first-order chi connectivity index (χ1) is 10.5. The summed E-state index contributed by atoms with van der Waals surface area (Å²) in [4.78, 5) is 36.0. The number of carboxylic acid groups (broad SMARTS) is 1. The molecular formula is C16H21NO5. The van der Waals surface area contributed by atoms with Gasteiger partial charge in [0.2, 0.25) is 5.91 Å². The fourth-order valence-corrected chi connectivity index (χ4v) is 1.94. The summed E-state index contributed by atoms with van der Waals surface area (Å²) in [5, 5.41) is 9.16. The number of carbonyl (C=O) groups is 3. The van der Waals surface area contributed by atoms with Gasteiger partial charge in [-0.15, -0.1) is 0 Å². The van der Waals surface area contributed by atoms with Gasteiger partial charge in [-0.2, -0.15) is 0 Å². The molecule has 1 unspecified atom stereocenters. The SMILES string of the molecule is CCOC(=O)CCC(=O)N(Cc1ccccc1)C(C)C(=O)O. The van der Waals surface area contributed by atoms with E-state index in [1.807, 2.05) is 30.3 Å². The van der Waals surface area contributed by atoms with Gasteiger partial charge < -0.3 is 14.7 Å². The normalized spacial score (nSPS) is 11.5. The topological polar surface area (TPSA) is 83.9 Å². The van der Waals surface area contributed by atoms with Crippen molar-refractivity contribution in [2.75, 3.05) is 6.61 Å². The number of rotatable bonds is 8. The molecule has 1 rings (SSSR count). The largest absolute Gasteiger partial charge is 0.480 e. The van der Waals surface area contributed by atoms with E-state index in [0.717, 1.165) is 5.56 Å². The molecule has 0 aliphatic rings. The molecule has 6 nitrogen and oxygen atoms in total. The van der Waals surface area contributed by atoms with Crippen LogP contribution < -0.4 is 0 Å². The number of esters is 1. The van der Waals surface area contributed by atoms with E-state index in [2.05, 4.69) is 0 Å². The van der Waals surface area contributed by atoms with Crippen molar-refractivity contribution in [3.05, 3.63) is 35.9 Å². The molecule has 120 valence electrons. The predicted octanol–water partition coefficient (Wildman–Crippen LogP) is 1.83. The van der Waals surface area contributed by atoms with Crippen LogP contribution in [0.25, 0.3) is 0 Å². The highest BCUT2D eigenvalue weighted by atomic mass is 16.5. The summed E-state index contributed by atoms with van der Waals surface area (Å²) in [5.41, 5.74) is 0.833. The monoisotopic (exact) mass is 307 g/mol. The Morgan fingerprint density at radius 2 is 1.82 bits per heavy atom. The van der Waals surface area contributed by atoms with E-state index < -0.39 is 18.0 Å². The molecule has 1 N–H and O–H groups in total. The van der Waals surface area contributed by atoms with Gasteiger partial charge in [0.05, 0.1) is 13.0 Å². The molecule has 0 aliphatic heterocycles. The minimum absolute atomic E-state index is 0.0513. The van der Waals surface area contributed by atoms with Crippen LogP contribution in [0, 0.1) is 0 Å². The molecule has 0 bridgehead atoms. The maximum absolute atomic E-state index is 12.3. The molecule has 22 heavy (non-hydrogen) atoms. The first-order valence-corrected chi connectivity index (χ1v) is 7.17. The highest BCUT2D eigenvalue weighted by Crippen LogP contribution is 2.12. The standard InChI is InChI=1S/C16H21NO5/c1-3-22-15(19)10-9-14(18)17(12(2)16(20)21)11-13-7-5-4-6-8-13/h4-8,12H,3,9-11H2,1-2H3,(H,20,21). The van der Waals surface area contributed by atoms with Crippen LogP contribution in [0.15, 0.2) is 30.3 Å². The second-order valence-corrected chi connectivity index (χ2v) is 4.83. The second kappa shape index (κ2) is 8.81. The van der Waals surface area contributed by atoms with E-state index in [0.29, 0.717) is 0 Å². The molecule has 0 heterocycles. The van der Waals surface area contributed by atoms with Crippen LogP contribution in [-0.2, 0) is 25.7 Å². The average molecular weight is 307 g/mol. The lowest BCUT2D eigenvalue weighted by atomic mass is 10.1. The minimum Gasteiger partial charge on any atom is -0.480 e. The Hall–Kier alpha value is -2.37.